The summed E-state index contributed by atoms with van der Waals surface area (Å²) >= 11 is 0. The number of amides is 1. The molecule has 0 aliphatic carbocycles. The van der Waals surface area contributed by atoms with Gasteiger partial charge in [-0.25, -0.2) is 4.79 Å². The maximum atomic E-state index is 12.6. The summed E-state index contributed by atoms with van der Waals surface area (Å²) in [6, 6.07) is 20.6. The first-order valence-corrected chi connectivity index (χ1v) is 10.9. The summed E-state index contributed by atoms with van der Waals surface area (Å²) in [7, 11) is 0. The minimum Gasteiger partial charge on any atom is -0.475 e. The maximum absolute atomic E-state index is 12.6. The minimum absolute atomic E-state index is 0.137. The Hall–Kier alpha value is -3.46. The third-order valence-electron chi connectivity index (χ3n) is 5.63. The molecule has 0 spiro atoms. The van der Waals surface area contributed by atoms with Gasteiger partial charge in [-0.15, -0.1) is 0 Å². The van der Waals surface area contributed by atoms with E-state index in [1.165, 1.54) is 10.8 Å². The number of nitrogens with one attached hydrogen (secondary N) is 1. The number of carbonyl (C=O) groups excluding carboxylic acids is 1. The Labute approximate surface area is 195 Å². The van der Waals surface area contributed by atoms with Gasteiger partial charge >= 0.3 is 12.1 Å². The fourth-order valence-corrected chi connectivity index (χ4v) is 3.79. The average Bonchev–Trinajstić information content (AvgIpc) is 2.84. The molecular weight excluding hydrogens is 447 g/mol. The van der Waals surface area contributed by atoms with Gasteiger partial charge in [0.2, 0.25) is 0 Å². The highest BCUT2D eigenvalue weighted by Crippen LogP contribution is 2.21. The van der Waals surface area contributed by atoms with Crippen molar-refractivity contribution in [2.75, 3.05) is 13.1 Å². The SMILES string of the molecule is CC(NC1CCN(C(=O)c2ccccc2)CC1)c1cc2ccccc2cn1.O=C(O)C(F)(F)F. The predicted octanol–water partition coefficient (Wildman–Crippen LogP) is 4.82. The number of carboxylic acid groups (broad SMARTS) is 1. The molecule has 1 saturated heterocycles. The highest BCUT2D eigenvalue weighted by Gasteiger charge is 2.38. The summed E-state index contributed by atoms with van der Waals surface area (Å²) < 4.78 is 31.7. The van der Waals surface area contributed by atoms with Crippen LogP contribution in [-0.4, -0.2) is 52.2 Å². The summed E-state index contributed by atoms with van der Waals surface area (Å²) in [6.45, 7) is 3.76. The van der Waals surface area contributed by atoms with Crippen LogP contribution in [0.2, 0.25) is 0 Å². The summed E-state index contributed by atoms with van der Waals surface area (Å²) in [6.07, 6.45) is -1.20. The molecule has 1 amide bonds. The van der Waals surface area contributed by atoms with Gasteiger partial charge in [0.05, 0.1) is 5.69 Å². The number of aromatic nitrogens is 1. The first-order valence-electron chi connectivity index (χ1n) is 10.9. The van der Waals surface area contributed by atoms with Crippen molar-refractivity contribution < 1.29 is 27.9 Å². The van der Waals surface area contributed by atoms with Crippen molar-refractivity contribution in [3.05, 3.63) is 78.1 Å². The summed E-state index contributed by atoms with van der Waals surface area (Å²) in [5.41, 5.74) is 1.84. The first kappa shape index (κ1) is 25.2. The number of carbonyl (C=O) groups is 2. The molecule has 0 bridgehead atoms. The van der Waals surface area contributed by atoms with Gasteiger partial charge in [-0.2, -0.15) is 13.2 Å². The molecule has 2 N–H and O–H groups in total. The lowest BCUT2D eigenvalue weighted by molar-refractivity contribution is -0.192. The fraction of sp³-hybridized carbons (Fsp3) is 0.320. The van der Waals surface area contributed by atoms with Crippen LogP contribution in [-0.2, 0) is 4.79 Å². The summed E-state index contributed by atoms with van der Waals surface area (Å²) in [4.78, 5) is 28.1. The molecule has 180 valence electrons. The van der Waals surface area contributed by atoms with E-state index in [0.717, 1.165) is 37.2 Å². The number of carboxylic acids is 1. The van der Waals surface area contributed by atoms with Crippen LogP contribution in [0.3, 0.4) is 0 Å². The van der Waals surface area contributed by atoms with Crippen molar-refractivity contribution >= 4 is 22.6 Å². The van der Waals surface area contributed by atoms with Crippen LogP contribution in [0.15, 0.2) is 66.9 Å². The van der Waals surface area contributed by atoms with E-state index in [0.29, 0.717) is 6.04 Å². The highest BCUT2D eigenvalue weighted by atomic mass is 19.4. The standard InChI is InChI=1S/C23H25N3O.C2HF3O2/c1-17(22-15-19-9-5-6-10-20(19)16-24-22)25-21-11-13-26(14-12-21)23(27)18-7-3-2-4-8-18;3-2(4,5)1(6)7/h2-10,15-17,21,25H,11-14H2,1H3;(H,6,7). The predicted molar refractivity (Wildman–Crippen MR) is 122 cm³/mol. The van der Waals surface area contributed by atoms with E-state index in [2.05, 4.69) is 41.5 Å². The minimum atomic E-state index is -5.08. The maximum Gasteiger partial charge on any atom is 0.490 e. The van der Waals surface area contributed by atoms with Gasteiger partial charge < -0.3 is 15.3 Å². The van der Waals surface area contributed by atoms with Crippen LogP contribution < -0.4 is 5.32 Å². The Morgan fingerprint density at radius 2 is 1.59 bits per heavy atom. The second kappa shape index (κ2) is 11.1. The van der Waals surface area contributed by atoms with Crippen LogP contribution >= 0.6 is 0 Å². The second-order valence-electron chi connectivity index (χ2n) is 8.08. The van der Waals surface area contributed by atoms with Crippen LogP contribution in [0.4, 0.5) is 13.2 Å². The number of hydrogen-bond acceptors (Lipinski definition) is 4. The normalized spacial score (nSPS) is 15.4. The topological polar surface area (TPSA) is 82.5 Å². The first-order chi connectivity index (χ1) is 16.1. The molecule has 3 aromatic rings. The quantitative estimate of drug-likeness (QED) is 0.568. The van der Waals surface area contributed by atoms with Crippen molar-refractivity contribution in [2.24, 2.45) is 0 Å². The Balaban J connectivity index is 0.000000406. The van der Waals surface area contributed by atoms with E-state index < -0.39 is 12.1 Å². The molecule has 0 radical (unpaired) electrons. The number of fused-ring (bicyclic) bond motifs is 1. The molecule has 1 unspecified atom stereocenters. The van der Waals surface area contributed by atoms with Gasteiger partial charge in [-0.1, -0.05) is 42.5 Å². The lowest BCUT2D eigenvalue weighted by atomic mass is 10.0. The number of piperidine rings is 1. The molecule has 1 aliphatic heterocycles. The highest BCUT2D eigenvalue weighted by molar-refractivity contribution is 5.94. The van der Waals surface area contributed by atoms with E-state index >= 15 is 0 Å². The molecule has 1 aliphatic rings. The van der Waals surface area contributed by atoms with Crippen molar-refractivity contribution in [3.63, 3.8) is 0 Å². The molecule has 6 nitrogen and oxygen atoms in total. The monoisotopic (exact) mass is 473 g/mol. The molecule has 0 saturated carbocycles. The molecule has 9 heteroatoms. The molecule has 4 rings (SSSR count). The van der Waals surface area contributed by atoms with E-state index in [1.807, 2.05) is 47.5 Å². The van der Waals surface area contributed by atoms with Gasteiger partial charge in [-0.3, -0.25) is 9.78 Å². The number of benzene rings is 2. The molecule has 1 fully saturated rings. The van der Waals surface area contributed by atoms with Gasteiger partial charge in [0, 0.05) is 42.3 Å². The number of hydrogen-bond donors (Lipinski definition) is 2. The average molecular weight is 473 g/mol. The number of aliphatic carboxylic acids is 1. The lowest BCUT2D eigenvalue weighted by Crippen LogP contribution is -2.45. The Kier molecular flexibility index (Phi) is 8.22. The Morgan fingerprint density at radius 3 is 2.18 bits per heavy atom. The van der Waals surface area contributed by atoms with Crippen molar-refractivity contribution in [1.82, 2.24) is 15.2 Å². The number of halogens is 3. The van der Waals surface area contributed by atoms with Gasteiger partial charge in [0.1, 0.15) is 0 Å². The van der Waals surface area contributed by atoms with Gasteiger partial charge in [0.25, 0.3) is 5.91 Å². The smallest absolute Gasteiger partial charge is 0.475 e. The summed E-state index contributed by atoms with van der Waals surface area (Å²) in [5, 5.41) is 13.2. The number of likely N-dealkylation sites (tertiary alicyclic amines) is 1. The Bertz CT molecular complexity index is 1110. The van der Waals surface area contributed by atoms with Gasteiger partial charge in [0.15, 0.2) is 0 Å². The Morgan fingerprint density at radius 1 is 1.03 bits per heavy atom. The van der Waals surface area contributed by atoms with E-state index in [4.69, 9.17) is 9.90 Å². The molecule has 34 heavy (non-hydrogen) atoms. The van der Waals surface area contributed by atoms with Crippen LogP contribution in [0.25, 0.3) is 10.8 Å². The molecule has 1 atom stereocenters. The fourth-order valence-electron chi connectivity index (χ4n) is 3.79. The van der Waals surface area contributed by atoms with Crippen LogP contribution in [0.1, 0.15) is 41.9 Å². The van der Waals surface area contributed by atoms with E-state index in [1.54, 1.807) is 0 Å². The lowest BCUT2D eigenvalue weighted by Gasteiger charge is -2.34. The zero-order valence-corrected chi connectivity index (χ0v) is 18.6. The third kappa shape index (κ3) is 6.77. The van der Waals surface area contributed by atoms with Crippen LogP contribution in [0.5, 0.6) is 0 Å². The molecular formula is C25H26F3N3O3. The van der Waals surface area contributed by atoms with E-state index in [9.17, 15) is 18.0 Å². The number of pyridine rings is 1. The number of rotatable bonds is 4. The number of alkyl halides is 3. The number of nitrogens with zero attached hydrogens (tertiary/aromatic N) is 2. The largest absolute Gasteiger partial charge is 0.490 e. The second-order valence-corrected chi connectivity index (χ2v) is 8.08. The van der Waals surface area contributed by atoms with Crippen molar-refractivity contribution in [1.29, 1.82) is 0 Å². The van der Waals surface area contributed by atoms with Crippen molar-refractivity contribution in [2.45, 2.75) is 38.0 Å². The van der Waals surface area contributed by atoms with Crippen LogP contribution in [0, 0.1) is 0 Å². The van der Waals surface area contributed by atoms with Crippen molar-refractivity contribution in [3.8, 4) is 0 Å². The molecule has 1 aromatic heterocycles. The molecule has 2 heterocycles. The van der Waals surface area contributed by atoms with Gasteiger partial charge in [-0.05, 0) is 43.4 Å². The van der Waals surface area contributed by atoms with E-state index in [-0.39, 0.29) is 11.9 Å². The summed E-state index contributed by atoms with van der Waals surface area (Å²) in [5.74, 6) is -2.62. The molecule has 2 aromatic carbocycles. The third-order valence-corrected chi connectivity index (χ3v) is 5.63. The zero-order valence-electron chi connectivity index (χ0n) is 18.6. The zero-order chi connectivity index (χ0) is 24.7.